The van der Waals surface area contributed by atoms with Gasteiger partial charge >= 0.3 is 0 Å². The predicted molar refractivity (Wildman–Crippen MR) is 105 cm³/mol. The van der Waals surface area contributed by atoms with E-state index in [0.717, 1.165) is 21.7 Å². The molecule has 0 spiro atoms. The van der Waals surface area contributed by atoms with Gasteiger partial charge in [-0.25, -0.2) is 13.8 Å². The highest BCUT2D eigenvalue weighted by Crippen LogP contribution is 2.24. The van der Waals surface area contributed by atoms with Crippen molar-refractivity contribution in [2.24, 2.45) is 5.10 Å². The molecule has 8 heteroatoms. The van der Waals surface area contributed by atoms with Crippen LogP contribution in [0.1, 0.15) is 16.7 Å². The smallest absolute Gasteiger partial charge is 0.260 e. The number of nitrogens with zero attached hydrogens (tertiary/aromatic N) is 2. The number of amides is 1. The third-order valence-corrected chi connectivity index (χ3v) is 5.15. The van der Waals surface area contributed by atoms with Crippen LogP contribution in [0.25, 0.3) is 0 Å². The molecule has 0 saturated carbocycles. The molecule has 0 saturated heterocycles. The van der Waals surface area contributed by atoms with E-state index < -0.39 is 15.9 Å². The Kier molecular flexibility index (Phi) is 6.39. The second-order valence-electron chi connectivity index (χ2n) is 5.84. The first-order valence-corrected chi connectivity index (χ1v) is 10.0. The highest BCUT2D eigenvalue weighted by atomic mass is 35.5. The Bertz CT molecular complexity index is 942. The van der Waals surface area contributed by atoms with E-state index in [0.29, 0.717) is 16.3 Å². The molecule has 0 atom stereocenters. The summed E-state index contributed by atoms with van der Waals surface area (Å²) in [4.78, 5) is 12.2. The van der Waals surface area contributed by atoms with Crippen molar-refractivity contribution in [3.63, 3.8) is 0 Å². The molecule has 0 heterocycles. The zero-order valence-corrected chi connectivity index (χ0v) is 16.3. The third kappa shape index (κ3) is 5.31. The molecule has 0 aliphatic carbocycles. The van der Waals surface area contributed by atoms with Crippen LogP contribution in [-0.2, 0) is 14.8 Å². The lowest BCUT2D eigenvalue weighted by molar-refractivity contribution is -0.119. The van der Waals surface area contributed by atoms with Crippen molar-refractivity contribution < 1.29 is 13.2 Å². The van der Waals surface area contributed by atoms with Gasteiger partial charge in [-0.2, -0.15) is 5.10 Å². The summed E-state index contributed by atoms with van der Waals surface area (Å²) in [7, 11) is -3.63. The van der Waals surface area contributed by atoms with Crippen LogP contribution in [-0.4, -0.2) is 33.3 Å². The van der Waals surface area contributed by atoms with Crippen LogP contribution in [0.15, 0.2) is 47.6 Å². The molecule has 0 aromatic heterocycles. The topological polar surface area (TPSA) is 78.8 Å². The van der Waals surface area contributed by atoms with Gasteiger partial charge in [-0.05, 0) is 48.7 Å². The van der Waals surface area contributed by atoms with Gasteiger partial charge in [-0.1, -0.05) is 35.9 Å². The Labute approximate surface area is 158 Å². The van der Waals surface area contributed by atoms with Crippen molar-refractivity contribution in [2.75, 3.05) is 17.1 Å². The largest absolute Gasteiger partial charge is 0.271 e. The summed E-state index contributed by atoms with van der Waals surface area (Å²) in [6.45, 7) is 3.34. The Hall–Kier alpha value is -2.38. The minimum Gasteiger partial charge on any atom is -0.271 e. The Morgan fingerprint density at radius 1 is 1.23 bits per heavy atom. The van der Waals surface area contributed by atoms with Crippen molar-refractivity contribution in [3.8, 4) is 0 Å². The van der Waals surface area contributed by atoms with Crippen LogP contribution in [0.3, 0.4) is 0 Å². The molecule has 0 unspecified atom stereocenters. The first kappa shape index (κ1) is 19.9. The number of hydrogen-bond donors (Lipinski definition) is 1. The number of carbonyl (C=O) groups excluding carboxylic acids is 1. The molecular formula is C18H20ClN3O3S. The molecule has 0 aliphatic heterocycles. The molecule has 2 rings (SSSR count). The third-order valence-electron chi connectivity index (χ3n) is 3.78. The summed E-state index contributed by atoms with van der Waals surface area (Å²) in [5.74, 6) is -0.547. The number of carbonyl (C=O) groups is 1. The highest BCUT2D eigenvalue weighted by molar-refractivity contribution is 7.92. The number of hydrazone groups is 1. The van der Waals surface area contributed by atoms with Gasteiger partial charge in [0.15, 0.2) is 0 Å². The fraction of sp³-hybridized carbons (Fsp3) is 0.222. The number of anilines is 1. The normalized spacial score (nSPS) is 11.5. The molecule has 2 aromatic rings. The lowest BCUT2D eigenvalue weighted by Crippen LogP contribution is -2.39. The zero-order chi connectivity index (χ0) is 19.3. The number of halogens is 1. The second-order valence-corrected chi connectivity index (χ2v) is 8.18. The van der Waals surface area contributed by atoms with Crippen LogP contribution < -0.4 is 9.73 Å². The highest BCUT2D eigenvalue weighted by Gasteiger charge is 2.22. The van der Waals surface area contributed by atoms with Gasteiger partial charge in [0.05, 0.1) is 18.2 Å². The van der Waals surface area contributed by atoms with E-state index >= 15 is 0 Å². The molecule has 2 aromatic carbocycles. The average molecular weight is 394 g/mol. The molecule has 0 fully saturated rings. The van der Waals surface area contributed by atoms with Crippen molar-refractivity contribution in [2.45, 2.75) is 13.8 Å². The molecule has 0 bridgehead atoms. The van der Waals surface area contributed by atoms with Crippen LogP contribution in [0, 0.1) is 13.8 Å². The molecule has 1 N–H and O–H groups in total. The van der Waals surface area contributed by atoms with Crippen molar-refractivity contribution >= 4 is 39.4 Å². The van der Waals surface area contributed by atoms with Crippen molar-refractivity contribution in [1.29, 1.82) is 0 Å². The molecule has 0 radical (unpaired) electrons. The maximum Gasteiger partial charge on any atom is 0.260 e. The quantitative estimate of drug-likeness (QED) is 0.605. The van der Waals surface area contributed by atoms with E-state index in [1.807, 2.05) is 19.9 Å². The monoisotopic (exact) mass is 393 g/mol. The van der Waals surface area contributed by atoms with E-state index in [1.165, 1.54) is 6.21 Å². The summed E-state index contributed by atoms with van der Waals surface area (Å²) in [5.41, 5.74) is 5.27. The summed E-state index contributed by atoms with van der Waals surface area (Å²) in [6.07, 6.45) is 2.50. The maximum atomic E-state index is 12.2. The number of hydrogen-bond acceptors (Lipinski definition) is 4. The number of rotatable bonds is 6. The molecule has 6 nitrogen and oxygen atoms in total. The predicted octanol–water partition coefficient (Wildman–Crippen LogP) is 2.87. The van der Waals surface area contributed by atoms with Crippen LogP contribution in [0.5, 0.6) is 0 Å². The number of nitrogens with one attached hydrogen (secondary N) is 1. The summed E-state index contributed by atoms with van der Waals surface area (Å²) in [6, 6.07) is 12.3. The molecule has 0 aliphatic rings. The fourth-order valence-electron chi connectivity index (χ4n) is 2.32. The van der Waals surface area contributed by atoms with Crippen molar-refractivity contribution in [3.05, 3.63) is 64.2 Å². The lowest BCUT2D eigenvalue weighted by Gasteiger charge is -2.23. The van der Waals surface area contributed by atoms with Crippen LogP contribution in [0.4, 0.5) is 5.69 Å². The van der Waals surface area contributed by atoms with Gasteiger partial charge in [0.2, 0.25) is 10.0 Å². The molecule has 26 heavy (non-hydrogen) atoms. The fourth-order valence-corrected chi connectivity index (χ4v) is 3.42. The summed E-state index contributed by atoms with van der Waals surface area (Å²) >= 11 is 5.88. The van der Waals surface area contributed by atoms with E-state index in [1.54, 1.807) is 36.4 Å². The molecule has 1 amide bonds. The number of sulfonamides is 1. The molecular weight excluding hydrogens is 374 g/mol. The van der Waals surface area contributed by atoms with E-state index in [9.17, 15) is 13.2 Å². The standard InChI is InChI=1S/C18H20ClN3O3S/c1-13-6-4-9-17(14(13)2)22(26(3,24)25)12-18(23)21-20-11-15-7-5-8-16(19)10-15/h4-11H,12H2,1-3H3,(H,21,23)/b20-11-. The van der Waals surface area contributed by atoms with Gasteiger partial charge in [-0.15, -0.1) is 0 Å². The zero-order valence-electron chi connectivity index (χ0n) is 14.7. The summed E-state index contributed by atoms with van der Waals surface area (Å²) < 4.78 is 25.4. The SMILES string of the molecule is Cc1cccc(N(CC(=O)N/N=C\c2cccc(Cl)c2)S(C)(=O)=O)c1C. The minimum atomic E-state index is -3.63. The maximum absolute atomic E-state index is 12.2. The second kappa shape index (κ2) is 8.33. The first-order chi connectivity index (χ1) is 12.2. The minimum absolute atomic E-state index is 0.365. The van der Waals surface area contributed by atoms with E-state index in [-0.39, 0.29) is 6.54 Å². The Morgan fingerprint density at radius 2 is 1.92 bits per heavy atom. The van der Waals surface area contributed by atoms with Crippen molar-refractivity contribution in [1.82, 2.24) is 5.43 Å². The van der Waals surface area contributed by atoms with E-state index in [2.05, 4.69) is 10.5 Å². The Balaban J connectivity index is 2.14. The summed E-state index contributed by atoms with van der Waals surface area (Å²) in [5, 5.41) is 4.40. The number of aryl methyl sites for hydroxylation is 1. The van der Waals surface area contributed by atoms with Gasteiger partial charge in [-0.3, -0.25) is 9.10 Å². The van der Waals surface area contributed by atoms with Crippen LogP contribution in [0.2, 0.25) is 5.02 Å². The van der Waals surface area contributed by atoms with E-state index in [4.69, 9.17) is 11.6 Å². The van der Waals surface area contributed by atoms with Gasteiger partial charge < -0.3 is 0 Å². The molecule has 138 valence electrons. The van der Waals surface area contributed by atoms with Crippen LogP contribution >= 0.6 is 11.6 Å². The first-order valence-electron chi connectivity index (χ1n) is 7.80. The Morgan fingerprint density at radius 3 is 2.58 bits per heavy atom. The number of benzene rings is 2. The van der Waals surface area contributed by atoms with Gasteiger partial charge in [0, 0.05) is 5.02 Å². The van der Waals surface area contributed by atoms with Gasteiger partial charge in [0.1, 0.15) is 6.54 Å². The van der Waals surface area contributed by atoms with Gasteiger partial charge in [0.25, 0.3) is 5.91 Å². The lowest BCUT2D eigenvalue weighted by atomic mass is 10.1. The average Bonchev–Trinajstić information content (AvgIpc) is 2.55.